The number of hydrogen-bond acceptors (Lipinski definition) is 4. The van der Waals surface area contributed by atoms with Gasteiger partial charge in [-0.1, -0.05) is 12.1 Å². The van der Waals surface area contributed by atoms with E-state index < -0.39 is 0 Å². The summed E-state index contributed by atoms with van der Waals surface area (Å²) in [6, 6.07) is 7.67. The summed E-state index contributed by atoms with van der Waals surface area (Å²) < 4.78 is 5.56. The molecule has 0 saturated carbocycles. The molecule has 1 amide bonds. The molecule has 1 aromatic rings. The minimum atomic E-state index is 0.00903. The number of hydrogen-bond donors (Lipinski definition) is 1. The lowest BCUT2D eigenvalue weighted by Gasteiger charge is -2.30. The van der Waals surface area contributed by atoms with Crippen LogP contribution >= 0.6 is 0 Å². The molecule has 0 aliphatic rings. The Kier molecular flexibility index (Phi) is 7.19. The third-order valence-corrected chi connectivity index (χ3v) is 3.34. The summed E-state index contributed by atoms with van der Waals surface area (Å²) >= 11 is 0. The lowest BCUT2D eigenvalue weighted by Crippen LogP contribution is -2.45. The van der Waals surface area contributed by atoms with Gasteiger partial charge in [0.2, 0.25) is 0 Å². The van der Waals surface area contributed by atoms with Gasteiger partial charge >= 0.3 is 0 Å². The van der Waals surface area contributed by atoms with E-state index in [9.17, 15) is 4.79 Å². The maximum absolute atomic E-state index is 12.3. The van der Waals surface area contributed by atoms with Crippen LogP contribution in [0.3, 0.4) is 0 Å². The zero-order chi connectivity index (χ0) is 15.8. The van der Waals surface area contributed by atoms with Crippen LogP contribution in [0, 0.1) is 0 Å². The summed E-state index contributed by atoms with van der Waals surface area (Å²) in [5, 5.41) is 0. The highest BCUT2D eigenvalue weighted by molar-refractivity contribution is 5.78. The van der Waals surface area contributed by atoms with Gasteiger partial charge in [0.15, 0.2) is 6.61 Å². The zero-order valence-electron chi connectivity index (χ0n) is 13.5. The van der Waals surface area contributed by atoms with E-state index in [0.29, 0.717) is 18.8 Å². The second-order valence-corrected chi connectivity index (χ2v) is 5.43. The van der Waals surface area contributed by atoms with Gasteiger partial charge in [-0.05, 0) is 45.6 Å². The van der Waals surface area contributed by atoms with Crippen LogP contribution in [0.25, 0.3) is 0 Å². The van der Waals surface area contributed by atoms with Crippen LogP contribution in [0.1, 0.15) is 19.4 Å². The Bertz CT molecular complexity index is 432. The molecular weight excluding hydrogens is 266 g/mol. The van der Waals surface area contributed by atoms with Crippen LogP contribution < -0.4 is 10.5 Å². The standard InChI is InChI=1S/C16H27N3O2/c1-5-19(13(2)11-18(3)4)16(20)12-21-15-8-6-14(10-17)7-9-15/h6-9,13H,5,10-12,17H2,1-4H3. The molecule has 0 heterocycles. The van der Waals surface area contributed by atoms with Crippen molar-refractivity contribution in [2.45, 2.75) is 26.4 Å². The van der Waals surface area contributed by atoms with Gasteiger partial charge in [0.05, 0.1) is 0 Å². The topological polar surface area (TPSA) is 58.8 Å². The lowest BCUT2D eigenvalue weighted by atomic mass is 10.2. The minimum Gasteiger partial charge on any atom is -0.484 e. The van der Waals surface area contributed by atoms with Gasteiger partial charge in [0.1, 0.15) is 5.75 Å². The van der Waals surface area contributed by atoms with Crippen LogP contribution in [0.2, 0.25) is 0 Å². The summed E-state index contributed by atoms with van der Waals surface area (Å²) in [6.07, 6.45) is 0. The zero-order valence-corrected chi connectivity index (χ0v) is 13.5. The van der Waals surface area contributed by atoms with Crippen molar-refractivity contribution in [1.82, 2.24) is 9.80 Å². The van der Waals surface area contributed by atoms with E-state index >= 15 is 0 Å². The first-order valence-corrected chi connectivity index (χ1v) is 7.34. The molecule has 0 aromatic heterocycles. The van der Waals surface area contributed by atoms with Gasteiger partial charge in [-0.3, -0.25) is 4.79 Å². The fourth-order valence-corrected chi connectivity index (χ4v) is 2.31. The van der Waals surface area contributed by atoms with Crippen LogP contribution in [-0.2, 0) is 11.3 Å². The maximum Gasteiger partial charge on any atom is 0.260 e. The van der Waals surface area contributed by atoms with Crippen molar-refractivity contribution >= 4 is 5.91 Å². The third kappa shape index (κ3) is 5.73. The Balaban J connectivity index is 2.53. The number of ether oxygens (including phenoxy) is 1. The van der Waals surface area contributed by atoms with E-state index in [1.54, 1.807) is 0 Å². The molecule has 0 radical (unpaired) electrons. The van der Waals surface area contributed by atoms with E-state index in [2.05, 4.69) is 11.8 Å². The normalized spacial score (nSPS) is 12.3. The van der Waals surface area contributed by atoms with Gasteiger partial charge in [-0.2, -0.15) is 0 Å². The van der Waals surface area contributed by atoms with E-state index in [0.717, 1.165) is 12.1 Å². The molecule has 5 nitrogen and oxygen atoms in total. The minimum absolute atomic E-state index is 0.00903. The number of carbonyl (C=O) groups is 1. The van der Waals surface area contributed by atoms with Crippen molar-refractivity contribution in [2.24, 2.45) is 5.73 Å². The van der Waals surface area contributed by atoms with Gasteiger partial charge in [-0.25, -0.2) is 0 Å². The Morgan fingerprint density at radius 3 is 2.38 bits per heavy atom. The van der Waals surface area contributed by atoms with Crippen LogP contribution in [0.4, 0.5) is 0 Å². The molecule has 0 saturated heterocycles. The van der Waals surface area contributed by atoms with Crippen molar-refractivity contribution in [3.8, 4) is 5.75 Å². The Morgan fingerprint density at radius 2 is 1.90 bits per heavy atom. The van der Waals surface area contributed by atoms with Crippen LogP contribution in [0.5, 0.6) is 5.75 Å². The van der Waals surface area contributed by atoms with Crippen molar-refractivity contribution in [3.63, 3.8) is 0 Å². The first kappa shape index (κ1) is 17.5. The van der Waals surface area contributed by atoms with E-state index in [4.69, 9.17) is 10.5 Å². The Hall–Kier alpha value is -1.59. The molecule has 2 N–H and O–H groups in total. The van der Waals surface area contributed by atoms with Crippen LogP contribution in [-0.4, -0.2) is 55.5 Å². The molecule has 1 atom stereocenters. The summed E-state index contributed by atoms with van der Waals surface area (Å²) in [5.41, 5.74) is 6.59. The number of amides is 1. The smallest absolute Gasteiger partial charge is 0.260 e. The molecule has 1 aromatic carbocycles. The molecule has 118 valence electrons. The van der Waals surface area contributed by atoms with Gasteiger partial charge < -0.3 is 20.3 Å². The van der Waals surface area contributed by atoms with Crippen molar-refractivity contribution in [2.75, 3.05) is 33.8 Å². The lowest BCUT2D eigenvalue weighted by molar-refractivity contribution is -0.135. The van der Waals surface area contributed by atoms with E-state index in [-0.39, 0.29) is 18.6 Å². The number of carbonyl (C=O) groups excluding carboxylic acids is 1. The summed E-state index contributed by atoms with van der Waals surface area (Å²) in [7, 11) is 4.01. The Labute approximate surface area is 127 Å². The second-order valence-electron chi connectivity index (χ2n) is 5.43. The third-order valence-electron chi connectivity index (χ3n) is 3.34. The molecule has 0 aliphatic carbocycles. The van der Waals surface area contributed by atoms with E-state index in [1.807, 2.05) is 50.2 Å². The Morgan fingerprint density at radius 1 is 1.29 bits per heavy atom. The highest BCUT2D eigenvalue weighted by atomic mass is 16.5. The molecular formula is C16H27N3O2. The predicted molar refractivity (Wildman–Crippen MR) is 85.2 cm³/mol. The van der Waals surface area contributed by atoms with Gasteiger partial charge in [0, 0.05) is 25.7 Å². The molecule has 0 fully saturated rings. The summed E-state index contributed by atoms with van der Waals surface area (Å²) in [4.78, 5) is 16.2. The summed E-state index contributed by atoms with van der Waals surface area (Å²) in [6.45, 7) is 6.13. The highest BCUT2D eigenvalue weighted by Crippen LogP contribution is 2.12. The highest BCUT2D eigenvalue weighted by Gasteiger charge is 2.19. The first-order valence-electron chi connectivity index (χ1n) is 7.34. The van der Waals surface area contributed by atoms with Crippen molar-refractivity contribution in [1.29, 1.82) is 0 Å². The second kappa shape index (κ2) is 8.64. The number of benzene rings is 1. The van der Waals surface area contributed by atoms with Crippen molar-refractivity contribution < 1.29 is 9.53 Å². The number of nitrogens with two attached hydrogens (primary N) is 1. The molecule has 1 rings (SSSR count). The number of likely N-dealkylation sites (N-methyl/N-ethyl adjacent to an activating group) is 2. The molecule has 0 aliphatic heterocycles. The SMILES string of the molecule is CCN(C(=O)COc1ccc(CN)cc1)C(C)CN(C)C. The van der Waals surface area contributed by atoms with E-state index in [1.165, 1.54) is 0 Å². The monoisotopic (exact) mass is 293 g/mol. The molecule has 5 heteroatoms. The van der Waals surface area contributed by atoms with Crippen LogP contribution in [0.15, 0.2) is 24.3 Å². The van der Waals surface area contributed by atoms with Crippen molar-refractivity contribution in [3.05, 3.63) is 29.8 Å². The fourth-order valence-electron chi connectivity index (χ4n) is 2.31. The number of rotatable bonds is 8. The van der Waals surface area contributed by atoms with Gasteiger partial charge in [0.25, 0.3) is 5.91 Å². The fraction of sp³-hybridized carbons (Fsp3) is 0.562. The average Bonchev–Trinajstić information content (AvgIpc) is 2.45. The summed E-state index contributed by atoms with van der Waals surface area (Å²) in [5.74, 6) is 0.701. The molecule has 21 heavy (non-hydrogen) atoms. The quantitative estimate of drug-likeness (QED) is 0.785. The average molecular weight is 293 g/mol. The number of nitrogens with zero attached hydrogens (tertiary/aromatic N) is 2. The molecule has 0 spiro atoms. The predicted octanol–water partition coefficient (Wildman–Crippen LogP) is 1.32. The first-order chi connectivity index (χ1) is 9.97. The maximum atomic E-state index is 12.3. The molecule has 1 unspecified atom stereocenters. The largest absolute Gasteiger partial charge is 0.484 e. The molecule has 0 bridgehead atoms. The van der Waals surface area contributed by atoms with Gasteiger partial charge in [-0.15, -0.1) is 0 Å².